The summed E-state index contributed by atoms with van der Waals surface area (Å²) in [5.41, 5.74) is 0.673. The molecule has 3 N–H and O–H groups in total. The Labute approximate surface area is 137 Å². The van der Waals surface area contributed by atoms with E-state index in [9.17, 15) is 20.1 Å². The van der Waals surface area contributed by atoms with Crippen LogP contribution in [0.15, 0.2) is 11.6 Å². The molecule has 4 rings (SSSR count). The van der Waals surface area contributed by atoms with Crippen molar-refractivity contribution in [1.29, 1.82) is 0 Å². The number of fused-ring (bicyclic) bond motifs is 5. The van der Waals surface area contributed by atoms with Crippen molar-refractivity contribution in [2.45, 2.75) is 64.1 Å². The van der Waals surface area contributed by atoms with Crippen molar-refractivity contribution < 1.29 is 20.1 Å². The highest BCUT2D eigenvalue weighted by molar-refractivity contribution is 5.95. The fraction of sp³-hybridized carbons (Fsp3) is 0.842. The van der Waals surface area contributed by atoms with E-state index in [1.54, 1.807) is 6.08 Å². The van der Waals surface area contributed by atoms with E-state index in [0.717, 1.165) is 44.1 Å². The maximum absolute atomic E-state index is 11.9. The number of rotatable bonds is 1. The van der Waals surface area contributed by atoms with Crippen molar-refractivity contribution in [3.05, 3.63) is 11.6 Å². The minimum Gasteiger partial charge on any atom is -0.395 e. The molecule has 0 heterocycles. The van der Waals surface area contributed by atoms with E-state index in [-0.39, 0.29) is 23.9 Å². The second-order valence-electron chi connectivity index (χ2n) is 8.66. The van der Waals surface area contributed by atoms with Crippen LogP contribution in [-0.4, -0.2) is 39.9 Å². The molecule has 0 spiro atoms. The van der Waals surface area contributed by atoms with Crippen LogP contribution in [0.25, 0.3) is 0 Å². The van der Waals surface area contributed by atoms with Gasteiger partial charge in [0.25, 0.3) is 0 Å². The highest BCUT2D eigenvalue weighted by Gasteiger charge is 2.60. The first-order valence-corrected chi connectivity index (χ1v) is 9.14. The minimum absolute atomic E-state index is 0.0160. The van der Waals surface area contributed by atoms with Gasteiger partial charge in [-0.3, -0.25) is 4.79 Å². The summed E-state index contributed by atoms with van der Waals surface area (Å²) < 4.78 is 0. The summed E-state index contributed by atoms with van der Waals surface area (Å²) >= 11 is 0. The Morgan fingerprint density at radius 3 is 2.70 bits per heavy atom. The summed E-state index contributed by atoms with van der Waals surface area (Å²) in [6, 6.07) is 0. The monoisotopic (exact) mass is 320 g/mol. The third kappa shape index (κ3) is 1.98. The van der Waals surface area contributed by atoms with E-state index in [1.807, 2.05) is 0 Å². The number of carbonyl (C=O) groups excluding carboxylic acids is 1. The van der Waals surface area contributed by atoms with Crippen molar-refractivity contribution in [3.63, 3.8) is 0 Å². The predicted molar refractivity (Wildman–Crippen MR) is 85.5 cm³/mol. The lowest BCUT2D eigenvalue weighted by Crippen LogP contribution is -2.55. The first-order valence-electron chi connectivity index (χ1n) is 9.14. The molecular weight excluding hydrogens is 292 g/mol. The largest absolute Gasteiger partial charge is 0.395 e. The van der Waals surface area contributed by atoms with Crippen LogP contribution < -0.4 is 0 Å². The Hall–Kier alpha value is -0.710. The Bertz CT molecular complexity index is 556. The molecule has 0 radical (unpaired) electrons. The van der Waals surface area contributed by atoms with E-state index in [1.165, 1.54) is 0 Å². The fourth-order valence-electron chi connectivity index (χ4n) is 6.65. The van der Waals surface area contributed by atoms with Gasteiger partial charge in [-0.2, -0.15) is 0 Å². The van der Waals surface area contributed by atoms with Crippen LogP contribution in [0.1, 0.15) is 51.9 Å². The molecule has 0 aromatic carbocycles. The summed E-state index contributed by atoms with van der Waals surface area (Å²) in [6.07, 6.45) is 6.66. The van der Waals surface area contributed by atoms with Crippen LogP contribution in [0.2, 0.25) is 0 Å². The molecule has 0 unspecified atom stereocenters. The van der Waals surface area contributed by atoms with E-state index in [2.05, 4.69) is 6.92 Å². The quantitative estimate of drug-likeness (QED) is 0.689. The first-order chi connectivity index (χ1) is 10.9. The lowest BCUT2D eigenvalue weighted by atomic mass is 9.47. The number of hydrogen-bond donors (Lipinski definition) is 3. The highest BCUT2D eigenvalue weighted by Crippen LogP contribution is 2.65. The average molecular weight is 320 g/mol. The third-order valence-electron chi connectivity index (χ3n) is 7.97. The Morgan fingerprint density at radius 1 is 1.17 bits per heavy atom. The van der Waals surface area contributed by atoms with Crippen LogP contribution >= 0.6 is 0 Å². The minimum atomic E-state index is -0.966. The first kappa shape index (κ1) is 15.8. The SMILES string of the molecule is C[C@]12CC[C@H]3[C@@H](CCC4=CC(=O)[C@@H](O)C[C@@]43CO)[C@@H]1CC[C@@H]2O. The molecule has 128 valence electrons. The number of aliphatic hydroxyl groups is 3. The molecule has 3 fully saturated rings. The predicted octanol–water partition coefficient (Wildman–Crippen LogP) is 1.82. The number of ketones is 1. The van der Waals surface area contributed by atoms with Gasteiger partial charge in [0, 0.05) is 5.41 Å². The maximum atomic E-state index is 11.9. The Balaban J connectivity index is 1.72. The summed E-state index contributed by atoms with van der Waals surface area (Å²) in [7, 11) is 0. The van der Waals surface area contributed by atoms with E-state index < -0.39 is 11.5 Å². The van der Waals surface area contributed by atoms with Gasteiger partial charge in [-0.05, 0) is 74.2 Å². The van der Waals surface area contributed by atoms with Gasteiger partial charge in [-0.25, -0.2) is 0 Å². The second kappa shape index (κ2) is 5.14. The van der Waals surface area contributed by atoms with Gasteiger partial charge in [0.1, 0.15) is 6.10 Å². The lowest BCUT2D eigenvalue weighted by molar-refractivity contribution is -0.132. The number of hydrogen-bond acceptors (Lipinski definition) is 4. The van der Waals surface area contributed by atoms with E-state index in [4.69, 9.17) is 0 Å². The number of aliphatic hydroxyl groups excluding tert-OH is 3. The van der Waals surface area contributed by atoms with Crippen LogP contribution in [-0.2, 0) is 4.79 Å². The molecule has 0 aliphatic heterocycles. The van der Waals surface area contributed by atoms with Gasteiger partial charge in [0.05, 0.1) is 12.7 Å². The smallest absolute Gasteiger partial charge is 0.184 e. The number of carbonyl (C=O) groups is 1. The molecule has 4 nitrogen and oxygen atoms in total. The molecule has 3 saturated carbocycles. The molecule has 4 aliphatic carbocycles. The molecule has 4 heteroatoms. The zero-order valence-corrected chi connectivity index (χ0v) is 13.9. The van der Waals surface area contributed by atoms with Gasteiger partial charge < -0.3 is 15.3 Å². The zero-order valence-electron chi connectivity index (χ0n) is 13.9. The summed E-state index contributed by atoms with van der Waals surface area (Å²) in [6.45, 7) is 2.26. The van der Waals surface area contributed by atoms with Gasteiger partial charge in [0.15, 0.2) is 5.78 Å². The Kier molecular flexibility index (Phi) is 3.53. The molecule has 0 amide bonds. The van der Waals surface area contributed by atoms with Gasteiger partial charge >= 0.3 is 0 Å². The molecule has 0 aromatic heterocycles. The van der Waals surface area contributed by atoms with Crippen LogP contribution in [0.5, 0.6) is 0 Å². The molecule has 0 saturated heterocycles. The van der Waals surface area contributed by atoms with Crippen LogP contribution in [0.4, 0.5) is 0 Å². The topological polar surface area (TPSA) is 77.8 Å². The Morgan fingerprint density at radius 2 is 1.96 bits per heavy atom. The van der Waals surface area contributed by atoms with E-state index in [0.29, 0.717) is 24.2 Å². The van der Waals surface area contributed by atoms with Crippen molar-refractivity contribution in [1.82, 2.24) is 0 Å². The van der Waals surface area contributed by atoms with Crippen molar-refractivity contribution in [2.24, 2.45) is 28.6 Å². The van der Waals surface area contributed by atoms with Gasteiger partial charge in [-0.1, -0.05) is 12.5 Å². The van der Waals surface area contributed by atoms with Crippen LogP contribution in [0, 0.1) is 28.6 Å². The van der Waals surface area contributed by atoms with Gasteiger partial charge in [-0.15, -0.1) is 0 Å². The second-order valence-corrected chi connectivity index (χ2v) is 8.66. The van der Waals surface area contributed by atoms with Crippen molar-refractivity contribution in [3.8, 4) is 0 Å². The summed E-state index contributed by atoms with van der Waals surface area (Å²) in [5.74, 6) is 1.14. The summed E-state index contributed by atoms with van der Waals surface area (Å²) in [5, 5.41) is 30.9. The van der Waals surface area contributed by atoms with Crippen molar-refractivity contribution in [2.75, 3.05) is 6.61 Å². The fourth-order valence-corrected chi connectivity index (χ4v) is 6.65. The van der Waals surface area contributed by atoms with E-state index >= 15 is 0 Å². The maximum Gasteiger partial charge on any atom is 0.184 e. The molecule has 0 bridgehead atoms. The molecule has 23 heavy (non-hydrogen) atoms. The molecule has 7 atom stereocenters. The molecule has 4 aliphatic rings. The normalized spacial score (nSPS) is 52.4. The average Bonchev–Trinajstić information content (AvgIpc) is 2.84. The van der Waals surface area contributed by atoms with Crippen molar-refractivity contribution >= 4 is 5.78 Å². The highest BCUT2D eigenvalue weighted by atomic mass is 16.3. The zero-order chi connectivity index (χ0) is 16.4. The lowest BCUT2D eigenvalue weighted by Gasteiger charge is -2.58. The summed E-state index contributed by atoms with van der Waals surface area (Å²) in [4.78, 5) is 11.9. The van der Waals surface area contributed by atoms with Gasteiger partial charge in [0.2, 0.25) is 0 Å². The van der Waals surface area contributed by atoms with Crippen LogP contribution in [0.3, 0.4) is 0 Å². The molecular formula is C19H28O4. The standard InChI is InChI=1S/C19H28O4/c1-18-7-6-14-12(13(18)4-5-17(18)23)3-2-11-8-15(21)16(22)9-19(11,14)10-20/h8,12-14,16-17,20,22-23H,2-7,9-10H2,1H3/t12-,13-,14-,16-,17-,18-,19+/m0/s1. The third-order valence-corrected chi connectivity index (χ3v) is 7.97. The molecule has 0 aromatic rings.